The molecule has 0 saturated heterocycles. The van der Waals surface area contributed by atoms with E-state index in [0.29, 0.717) is 6.42 Å². The number of halogens is 2. The first kappa shape index (κ1) is 14.8. The number of hydrogen-bond donors (Lipinski definition) is 0. The maximum atomic E-state index is 13.3. The Hall–Kier alpha value is -1.25. The second kappa shape index (κ2) is 7.96. The van der Waals surface area contributed by atoms with Gasteiger partial charge in [0, 0.05) is 18.4 Å². The summed E-state index contributed by atoms with van der Waals surface area (Å²) in [5.74, 6) is -1.35. The highest BCUT2D eigenvalue weighted by atomic mass is 19.1. The second-order valence-electron chi connectivity index (χ2n) is 4.58. The van der Waals surface area contributed by atoms with Crippen molar-refractivity contribution in [3.05, 3.63) is 35.4 Å². The smallest absolute Gasteiger partial charge is 0.137 e. The van der Waals surface area contributed by atoms with Gasteiger partial charge in [0.15, 0.2) is 0 Å². The number of carbonyl (C=O) groups excluding carboxylic acids is 1. The summed E-state index contributed by atoms with van der Waals surface area (Å²) in [4.78, 5) is 11.6. The molecule has 1 aromatic carbocycles. The van der Waals surface area contributed by atoms with Crippen molar-refractivity contribution in [1.82, 2.24) is 0 Å². The molecule has 3 heteroatoms. The lowest BCUT2D eigenvalue weighted by Crippen LogP contribution is -2.06. The lowest BCUT2D eigenvalue weighted by Gasteiger charge is -2.04. The molecule has 0 amide bonds. The van der Waals surface area contributed by atoms with E-state index in [2.05, 4.69) is 6.92 Å². The third-order valence-corrected chi connectivity index (χ3v) is 2.99. The first-order chi connectivity index (χ1) is 8.65. The molecule has 100 valence electrons. The van der Waals surface area contributed by atoms with E-state index in [4.69, 9.17) is 0 Å². The standard InChI is InChI=1S/C15H20F2O/c1-2-3-4-5-6-8-12(18)11-13-14(16)9-7-10-15(13)17/h7,9-10H,2-6,8,11H2,1H3. The topological polar surface area (TPSA) is 17.1 Å². The molecule has 0 aromatic heterocycles. The number of unbranched alkanes of at least 4 members (excludes halogenated alkanes) is 4. The van der Waals surface area contributed by atoms with Crippen LogP contribution in [-0.4, -0.2) is 5.78 Å². The Labute approximate surface area is 107 Å². The zero-order valence-corrected chi connectivity index (χ0v) is 10.8. The Kier molecular flexibility index (Phi) is 6.55. The zero-order valence-electron chi connectivity index (χ0n) is 10.8. The quantitative estimate of drug-likeness (QED) is 0.627. The van der Waals surface area contributed by atoms with Crippen LogP contribution in [-0.2, 0) is 11.2 Å². The van der Waals surface area contributed by atoms with Crippen molar-refractivity contribution in [3.63, 3.8) is 0 Å². The molecule has 0 N–H and O–H groups in total. The number of rotatable bonds is 8. The van der Waals surface area contributed by atoms with Gasteiger partial charge in [0.25, 0.3) is 0 Å². The summed E-state index contributed by atoms with van der Waals surface area (Å²) in [5, 5.41) is 0. The van der Waals surface area contributed by atoms with Crippen molar-refractivity contribution in [2.75, 3.05) is 0 Å². The Morgan fingerprint density at radius 2 is 1.67 bits per heavy atom. The van der Waals surface area contributed by atoms with Crippen LogP contribution in [0.2, 0.25) is 0 Å². The summed E-state index contributed by atoms with van der Waals surface area (Å²) in [6, 6.07) is 3.68. The van der Waals surface area contributed by atoms with Gasteiger partial charge in [-0.25, -0.2) is 8.78 Å². The van der Waals surface area contributed by atoms with Gasteiger partial charge in [-0.1, -0.05) is 38.7 Å². The Morgan fingerprint density at radius 3 is 2.28 bits per heavy atom. The van der Waals surface area contributed by atoms with Crippen molar-refractivity contribution in [1.29, 1.82) is 0 Å². The minimum absolute atomic E-state index is 0.0875. The molecule has 0 unspecified atom stereocenters. The molecule has 0 radical (unpaired) electrons. The number of hydrogen-bond acceptors (Lipinski definition) is 1. The average molecular weight is 254 g/mol. The molecule has 0 aliphatic rings. The minimum atomic E-state index is -0.630. The van der Waals surface area contributed by atoms with E-state index in [1.54, 1.807) is 0 Å². The van der Waals surface area contributed by atoms with Gasteiger partial charge in [-0.3, -0.25) is 4.79 Å². The highest BCUT2D eigenvalue weighted by Gasteiger charge is 2.12. The Morgan fingerprint density at radius 1 is 1.06 bits per heavy atom. The third kappa shape index (κ3) is 4.94. The molecular weight excluding hydrogens is 234 g/mol. The van der Waals surface area contributed by atoms with Gasteiger partial charge >= 0.3 is 0 Å². The normalized spacial score (nSPS) is 10.6. The summed E-state index contributed by atoms with van der Waals surface area (Å²) in [6.45, 7) is 2.13. The van der Waals surface area contributed by atoms with Gasteiger partial charge in [-0.05, 0) is 18.6 Å². The van der Waals surface area contributed by atoms with Crippen LogP contribution in [0.4, 0.5) is 8.78 Å². The van der Waals surface area contributed by atoms with Crippen LogP contribution >= 0.6 is 0 Å². The van der Waals surface area contributed by atoms with Crippen molar-refractivity contribution >= 4 is 5.78 Å². The van der Waals surface area contributed by atoms with E-state index >= 15 is 0 Å². The van der Waals surface area contributed by atoms with Crippen LogP contribution in [0.1, 0.15) is 51.0 Å². The van der Waals surface area contributed by atoms with E-state index in [0.717, 1.165) is 25.7 Å². The molecule has 0 saturated carbocycles. The van der Waals surface area contributed by atoms with Crippen LogP contribution in [0.3, 0.4) is 0 Å². The summed E-state index contributed by atoms with van der Waals surface area (Å²) < 4.78 is 26.6. The van der Waals surface area contributed by atoms with E-state index in [1.807, 2.05) is 0 Å². The summed E-state index contributed by atoms with van der Waals surface area (Å²) in [5.41, 5.74) is -0.101. The third-order valence-electron chi connectivity index (χ3n) is 2.99. The summed E-state index contributed by atoms with van der Waals surface area (Å²) in [6.07, 6.45) is 5.57. The van der Waals surface area contributed by atoms with Crippen LogP contribution in [0, 0.1) is 11.6 Å². The molecule has 0 fully saturated rings. The number of ketones is 1. The first-order valence-electron chi connectivity index (χ1n) is 6.59. The maximum absolute atomic E-state index is 13.3. The van der Waals surface area contributed by atoms with E-state index in [-0.39, 0.29) is 17.8 Å². The first-order valence-corrected chi connectivity index (χ1v) is 6.59. The SMILES string of the molecule is CCCCCCCC(=O)Cc1c(F)cccc1F. The molecule has 0 bridgehead atoms. The van der Waals surface area contributed by atoms with E-state index in [1.165, 1.54) is 24.6 Å². The summed E-state index contributed by atoms with van der Waals surface area (Å²) >= 11 is 0. The van der Waals surface area contributed by atoms with Gasteiger partial charge in [-0.2, -0.15) is 0 Å². The molecule has 0 atom stereocenters. The molecular formula is C15H20F2O. The van der Waals surface area contributed by atoms with Crippen molar-refractivity contribution < 1.29 is 13.6 Å². The van der Waals surface area contributed by atoms with E-state index in [9.17, 15) is 13.6 Å². The zero-order chi connectivity index (χ0) is 13.4. The minimum Gasteiger partial charge on any atom is -0.299 e. The number of carbonyl (C=O) groups is 1. The Balaban J connectivity index is 2.36. The van der Waals surface area contributed by atoms with Crippen LogP contribution in [0.5, 0.6) is 0 Å². The molecule has 0 aliphatic carbocycles. The summed E-state index contributed by atoms with van der Waals surface area (Å²) in [7, 11) is 0. The average Bonchev–Trinajstić information content (AvgIpc) is 2.34. The molecule has 18 heavy (non-hydrogen) atoms. The predicted octanol–water partition coefficient (Wildman–Crippen LogP) is 4.44. The second-order valence-corrected chi connectivity index (χ2v) is 4.58. The lowest BCUT2D eigenvalue weighted by atomic mass is 10.0. The number of Topliss-reactive ketones (excluding diaryl/α,β-unsaturated/α-hetero) is 1. The molecule has 0 aliphatic heterocycles. The van der Waals surface area contributed by atoms with Gasteiger partial charge in [0.1, 0.15) is 17.4 Å². The van der Waals surface area contributed by atoms with Crippen LogP contribution in [0.25, 0.3) is 0 Å². The fourth-order valence-corrected chi connectivity index (χ4v) is 1.91. The largest absolute Gasteiger partial charge is 0.299 e. The lowest BCUT2D eigenvalue weighted by molar-refractivity contribution is -0.118. The van der Waals surface area contributed by atoms with Gasteiger partial charge in [0.05, 0.1) is 0 Å². The van der Waals surface area contributed by atoms with Crippen molar-refractivity contribution in [2.45, 2.75) is 51.9 Å². The van der Waals surface area contributed by atoms with Crippen LogP contribution in [0.15, 0.2) is 18.2 Å². The van der Waals surface area contributed by atoms with Crippen LogP contribution < -0.4 is 0 Å². The molecule has 0 spiro atoms. The van der Waals surface area contributed by atoms with Gasteiger partial charge in [0.2, 0.25) is 0 Å². The van der Waals surface area contributed by atoms with E-state index < -0.39 is 11.6 Å². The molecule has 1 aromatic rings. The fourth-order valence-electron chi connectivity index (χ4n) is 1.91. The van der Waals surface area contributed by atoms with Crippen molar-refractivity contribution in [2.24, 2.45) is 0 Å². The highest BCUT2D eigenvalue weighted by Crippen LogP contribution is 2.14. The molecule has 0 heterocycles. The monoisotopic (exact) mass is 254 g/mol. The van der Waals surface area contributed by atoms with Crippen molar-refractivity contribution in [3.8, 4) is 0 Å². The highest BCUT2D eigenvalue weighted by molar-refractivity contribution is 5.80. The number of benzene rings is 1. The maximum Gasteiger partial charge on any atom is 0.137 e. The Bertz CT molecular complexity index is 368. The molecule has 1 nitrogen and oxygen atoms in total. The fraction of sp³-hybridized carbons (Fsp3) is 0.533. The molecule has 1 rings (SSSR count). The van der Waals surface area contributed by atoms with Gasteiger partial charge < -0.3 is 0 Å². The van der Waals surface area contributed by atoms with Gasteiger partial charge in [-0.15, -0.1) is 0 Å². The predicted molar refractivity (Wildman–Crippen MR) is 68.4 cm³/mol.